The average Bonchev–Trinajstić information content (AvgIpc) is 3.59. The molecule has 0 saturated carbocycles. The maximum Gasteiger partial charge on any atom is 0.242 e. The van der Waals surface area contributed by atoms with Crippen LogP contribution >= 0.6 is 22.9 Å². The fraction of sp³-hybridized carbons (Fsp3) is 0.154. The molecule has 0 fully saturated rings. The summed E-state index contributed by atoms with van der Waals surface area (Å²) in [5, 5.41) is 22.9. The summed E-state index contributed by atoms with van der Waals surface area (Å²) in [6.07, 6.45) is 0. The van der Waals surface area contributed by atoms with Crippen LogP contribution in [-0.4, -0.2) is 46.9 Å². The van der Waals surface area contributed by atoms with E-state index in [4.69, 9.17) is 30.2 Å². The molecule has 0 spiro atoms. The minimum Gasteiger partial charge on any atom is -0.503 e. The van der Waals surface area contributed by atoms with Gasteiger partial charge in [-0.3, -0.25) is 9.36 Å². The van der Waals surface area contributed by atoms with Crippen LogP contribution in [0.5, 0.6) is 28.9 Å². The Bertz CT molecular complexity index is 1640. The highest BCUT2D eigenvalue weighted by Crippen LogP contribution is 2.49. The van der Waals surface area contributed by atoms with Gasteiger partial charge in [-0.2, -0.15) is 0 Å². The van der Waals surface area contributed by atoms with Gasteiger partial charge in [0.1, 0.15) is 11.3 Å². The van der Waals surface area contributed by atoms with Crippen LogP contribution < -0.4 is 14.2 Å². The number of hydrogen-bond donors (Lipinski definition) is 2. The molecule has 0 saturated heterocycles. The molecule has 3 heterocycles. The van der Waals surface area contributed by atoms with E-state index in [0.29, 0.717) is 39.1 Å². The number of aryl methyl sites for hydroxylation is 1. The largest absolute Gasteiger partial charge is 0.503 e. The number of carbonyl (C=O) groups excluding carboxylic acids is 1. The third-order valence-electron chi connectivity index (χ3n) is 5.80. The van der Waals surface area contributed by atoms with E-state index in [1.165, 1.54) is 43.3 Å². The predicted molar refractivity (Wildman–Crippen MR) is 139 cm³/mol. The zero-order chi connectivity index (χ0) is 26.4. The lowest BCUT2D eigenvalue weighted by atomic mass is 10.0. The molecular formula is C26H21ClN2O7S. The highest BCUT2D eigenvalue weighted by atomic mass is 35.5. The predicted octanol–water partition coefficient (Wildman–Crippen LogP) is 5.98. The number of nitrogens with zero attached hydrogens (tertiary/aromatic N) is 2. The van der Waals surface area contributed by atoms with E-state index in [9.17, 15) is 15.0 Å². The molecule has 0 aliphatic carbocycles. The lowest BCUT2D eigenvalue weighted by Crippen LogP contribution is -2.05. The van der Waals surface area contributed by atoms with Crippen molar-refractivity contribution in [3.05, 3.63) is 64.6 Å². The summed E-state index contributed by atoms with van der Waals surface area (Å²) in [6.45, 7) is 1.70. The average molecular weight is 541 g/mol. The van der Waals surface area contributed by atoms with Crippen LogP contribution in [0.2, 0.25) is 5.02 Å². The third-order valence-corrected chi connectivity index (χ3v) is 7.11. The van der Waals surface area contributed by atoms with Gasteiger partial charge in [-0.05, 0) is 43.3 Å². The first-order valence-electron chi connectivity index (χ1n) is 10.9. The summed E-state index contributed by atoms with van der Waals surface area (Å²) in [5.74, 6) is -0.387. The summed E-state index contributed by atoms with van der Waals surface area (Å²) >= 11 is 7.57. The number of methoxy groups -OCH3 is 3. The number of furan rings is 1. The molecule has 0 amide bonds. The summed E-state index contributed by atoms with van der Waals surface area (Å²) in [4.78, 5) is 18.2. The third kappa shape index (κ3) is 3.94. The van der Waals surface area contributed by atoms with Gasteiger partial charge in [-0.1, -0.05) is 29.0 Å². The number of para-hydroxylation sites is 1. The van der Waals surface area contributed by atoms with Crippen LogP contribution in [0, 0.1) is 6.92 Å². The molecule has 37 heavy (non-hydrogen) atoms. The van der Waals surface area contributed by atoms with Crippen LogP contribution in [0.3, 0.4) is 0 Å². The Labute approximate surface area is 220 Å². The number of hydrogen-bond acceptors (Lipinski definition) is 9. The number of aromatic hydroxyl groups is 2. The Morgan fingerprint density at radius 3 is 2.32 bits per heavy atom. The molecular weight excluding hydrogens is 520 g/mol. The summed E-state index contributed by atoms with van der Waals surface area (Å²) in [7, 11) is 4.39. The second-order valence-electron chi connectivity index (χ2n) is 7.97. The molecule has 9 nitrogen and oxygen atoms in total. The SMILES string of the molecule is COc1cc(-c2c(C(=O)c3ccc(C)o3)c(O)c(O)n2-c2nc3c(Cl)cccc3s2)cc(OC)c1OC. The molecule has 0 unspecified atom stereocenters. The minimum absolute atomic E-state index is 0.00835. The van der Waals surface area contributed by atoms with Crippen molar-refractivity contribution in [2.24, 2.45) is 0 Å². The van der Waals surface area contributed by atoms with Crippen molar-refractivity contribution in [3.63, 3.8) is 0 Å². The van der Waals surface area contributed by atoms with Gasteiger partial charge in [0.25, 0.3) is 0 Å². The number of aromatic nitrogens is 2. The van der Waals surface area contributed by atoms with E-state index < -0.39 is 17.4 Å². The second-order valence-corrected chi connectivity index (χ2v) is 9.38. The van der Waals surface area contributed by atoms with Gasteiger partial charge in [-0.25, -0.2) is 4.98 Å². The smallest absolute Gasteiger partial charge is 0.242 e. The Hall–Kier alpha value is -4.15. The van der Waals surface area contributed by atoms with Crippen molar-refractivity contribution < 1.29 is 33.6 Å². The Morgan fingerprint density at radius 1 is 1.05 bits per heavy atom. The number of ether oxygens (including phenoxy) is 3. The van der Waals surface area contributed by atoms with Crippen LogP contribution in [0.1, 0.15) is 21.9 Å². The van der Waals surface area contributed by atoms with Crippen molar-refractivity contribution >= 4 is 38.9 Å². The topological polar surface area (TPSA) is 116 Å². The molecule has 5 aromatic rings. The molecule has 5 rings (SSSR count). The first-order valence-corrected chi connectivity index (χ1v) is 12.1. The molecule has 0 bridgehead atoms. The molecule has 0 aliphatic heterocycles. The fourth-order valence-electron chi connectivity index (χ4n) is 4.12. The van der Waals surface area contributed by atoms with Crippen LogP contribution in [0.15, 0.2) is 46.9 Å². The lowest BCUT2D eigenvalue weighted by molar-refractivity contribution is 0.101. The van der Waals surface area contributed by atoms with Gasteiger partial charge in [0.05, 0.1) is 42.3 Å². The molecule has 190 valence electrons. The van der Waals surface area contributed by atoms with E-state index in [-0.39, 0.29) is 22.1 Å². The number of thiazole rings is 1. The summed E-state index contributed by atoms with van der Waals surface area (Å²) < 4.78 is 24.0. The number of halogens is 1. The number of rotatable bonds is 7. The standard InChI is InChI=1S/C26H21ClN2O7S/c1-12-8-9-15(36-12)22(30)19-21(13-10-16(33-2)24(35-4)17(11-13)34-3)29(25(32)23(19)31)26-28-20-14(27)6-5-7-18(20)37-26/h5-11,31-32H,1-4H3. The van der Waals surface area contributed by atoms with Crippen molar-refractivity contribution in [1.29, 1.82) is 0 Å². The number of ketones is 1. The van der Waals surface area contributed by atoms with E-state index in [2.05, 4.69) is 4.98 Å². The maximum atomic E-state index is 13.6. The van der Waals surface area contributed by atoms with Crippen molar-refractivity contribution in [1.82, 2.24) is 9.55 Å². The monoisotopic (exact) mass is 540 g/mol. The van der Waals surface area contributed by atoms with Crippen LogP contribution in [0.25, 0.3) is 26.6 Å². The second kappa shape index (κ2) is 9.38. The van der Waals surface area contributed by atoms with E-state index >= 15 is 0 Å². The van der Waals surface area contributed by atoms with Crippen LogP contribution in [0.4, 0.5) is 0 Å². The minimum atomic E-state index is -0.637. The maximum absolute atomic E-state index is 13.6. The molecule has 0 radical (unpaired) electrons. The van der Waals surface area contributed by atoms with Crippen LogP contribution in [-0.2, 0) is 0 Å². The number of fused-ring (bicyclic) bond motifs is 1. The molecule has 11 heteroatoms. The van der Waals surface area contributed by atoms with Gasteiger partial charge >= 0.3 is 0 Å². The molecule has 0 aliphatic rings. The normalized spacial score (nSPS) is 11.2. The van der Waals surface area contributed by atoms with Gasteiger partial charge in [0.15, 0.2) is 28.1 Å². The van der Waals surface area contributed by atoms with Gasteiger partial charge in [0, 0.05) is 5.56 Å². The first kappa shape index (κ1) is 24.5. The first-order chi connectivity index (χ1) is 17.8. The van der Waals surface area contributed by atoms with Crippen molar-refractivity contribution in [2.75, 3.05) is 21.3 Å². The quantitative estimate of drug-likeness (QED) is 0.242. The Morgan fingerprint density at radius 2 is 1.76 bits per heavy atom. The van der Waals surface area contributed by atoms with Gasteiger partial charge in [-0.15, -0.1) is 0 Å². The van der Waals surface area contributed by atoms with E-state index in [1.807, 2.05) is 6.07 Å². The Balaban J connectivity index is 1.87. The van der Waals surface area contributed by atoms with E-state index in [1.54, 1.807) is 37.3 Å². The highest BCUT2D eigenvalue weighted by molar-refractivity contribution is 7.21. The Kier molecular flexibility index (Phi) is 6.22. The molecule has 2 N–H and O–H groups in total. The van der Waals surface area contributed by atoms with Gasteiger partial charge in [0.2, 0.25) is 17.4 Å². The lowest BCUT2D eigenvalue weighted by Gasteiger charge is -2.15. The number of benzene rings is 2. The van der Waals surface area contributed by atoms with Gasteiger partial charge < -0.3 is 28.8 Å². The molecule has 0 atom stereocenters. The highest BCUT2D eigenvalue weighted by Gasteiger charge is 2.33. The zero-order valence-corrected chi connectivity index (χ0v) is 21.7. The molecule has 2 aromatic carbocycles. The summed E-state index contributed by atoms with van der Waals surface area (Å²) in [6, 6.07) is 11.7. The molecule has 3 aromatic heterocycles. The number of carbonyl (C=O) groups is 1. The van der Waals surface area contributed by atoms with Crippen molar-refractivity contribution in [2.45, 2.75) is 6.92 Å². The summed E-state index contributed by atoms with van der Waals surface area (Å²) in [5.41, 5.74) is 0.846. The fourth-order valence-corrected chi connectivity index (χ4v) is 5.39. The zero-order valence-electron chi connectivity index (χ0n) is 20.2. The van der Waals surface area contributed by atoms with E-state index in [0.717, 1.165) is 4.70 Å². The van der Waals surface area contributed by atoms with Crippen molar-refractivity contribution in [3.8, 4) is 45.3 Å².